The Morgan fingerprint density at radius 1 is 1.71 bits per heavy atom. The van der Waals surface area contributed by atoms with Gasteiger partial charge in [-0.2, -0.15) is 0 Å². The zero-order valence-electron chi connectivity index (χ0n) is 4.25. The number of rotatable bonds is 1. The predicted molar refractivity (Wildman–Crippen MR) is 20.3 cm³/mol. The van der Waals surface area contributed by atoms with Crippen LogP contribution in [0.4, 0.5) is 0 Å². The monoisotopic (exact) mass is 130 g/mol. The molecule has 0 aliphatic heterocycles. The summed E-state index contributed by atoms with van der Waals surface area (Å²) < 4.78 is 9.66. The van der Waals surface area contributed by atoms with E-state index in [0.717, 1.165) is 6.66 Å². The fraction of sp³-hybridized carbons (Fsp3) is 0.500. The van der Waals surface area contributed by atoms with Crippen LogP contribution in [0.2, 0.25) is 0 Å². The van der Waals surface area contributed by atoms with Crippen LogP contribution in [-0.4, -0.2) is 12.7 Å². The van der Waals surface area contributed by atoms with E-state index in [-0.39, 0.29) is 35.6 Å². The summed E-state index contributed by atoms with van der Waals surface area (Å²) in [6.45, 7) is 0.875. The van der Waals surface area contributed by atoms with Crippen molar-refractivity contribution in [2.45, 2.75) is 0 Å². The summed E-state index contributed by atoms with van der Waals surface area (Å²) in [6, 6.07) is -0.0625. The molecule has 0 amide bonds. The van der Waals surface area contributed by atoms with Gasteiger partial charge in [0, 0.05) is 0 Å². The minimum atomic E-state index is -3.58. The molecule has 0 heterocycles. The van der Waals surface area contributed by atoms with Gasteiger partial charge in [-0.25, -0.2) is 0 Å². The Morgan fingerprint density at radius 3 is 1.86 bits per heavy atom. The van der Waals surface area contributed by atoms with Crippen molar-refractivity contribution in [1.29, 1.82) is 0 Å². The van der Waals surface area contributed by atoms with E-state index in [4.69, 9.17) is 0 Å². The molecule has 0 fully saturated rings. The Bertz CT molecular complexity index is 95.1. The number of hydrogen-bond donors (Lipinski definition) is 0. The fourth-order valence-corrected chi connectivity index (χ4v) is 0. The Labute approximate surface area is 63.8 Å². The summed E-state index contributed by atoms with van der Waals surface area (Å²) in [5.41, 5.74) is 0. The number of carbonyl (C=O) groups is 1. The molecule has 0 aromatic heterocycles. The fourth-order valence-electron chi connectivity index (χ4n) is 0. The van der Waals surface area contributed by atoms with Gasteiger partial charge in [-0.15, -0.1) is 0 Å². The smallest absolute Gasteiger partial charge is 0.794 e. The van der Waals surface area contributed by atoms with Crippen LogP contribution < -0.4 is 34.5 Å². The van der Waals surface area contributed by atoms with E-state index in [1.807, 2.05) is 0 Å². The van der Waals surface area contributed by atoms with E-state index in [1.54, 1.807) is 0 Å². The number of hydrogen-bond acceptors (Lipinski definition) is 3. The van der Waals surface area contributed by atoms with Gasteiger partial charge in [-0.3, -0.25) is 4.79 Å². The first-order valence-electron chi connectivity index (χ1n) is 1.31. The molecule has 0 spiro atoms. The summed E-state index contributed by atoms with van der Waals surface area (Å²) in [6.07, 6.45) is 0. The first kappa shape index (κ1) is 10.8. The Kier molecular flexibility index (Phi) is 5.87. The van der Waals surface area contributed by atoms with Gasteiger partial charge in [0.15, 0.2) is 6.03 Å². The van der Waals surface area contributed by atoms with E-state index in [2.05, 4.69) is 0 Å². The first-order chi connectivity index (χ1) is 2.56. The minimum absolute atomic E-state index is 0. The van der Waals surface area contributed by atoms with Crippen LogP contribution in [0.5, 0.6) is 0 Å². The predicted octanol–water partition coefficient (Wildman–Crippen LogP) is -3.55. The van der Waals surface area contributed by atoms with E-state index in [1.165, 1.54) is 0 Å². The summed E-state index contributed by atoms with van der Waals surface area (Å²) in [5.74, 6) is 0. The van der Waals surface area contributed by atoms with Gasteiger partial charge < -0.3 is 9.46 Å². The Balaban J connectivity index is 0. The molecule has 0 rings (SSSR count). The normalized spacial score (nSPS) is 16.3. The Hall–Kier alpha value is 0.860. The maximum Gasteiger partial charge on any atom is 1.00 e. The molecule has 0 aliphatic rings. The quantitative estimate of drug-likeness (QED) is 0.210. The van der Waals surface area contributed by atoms with Crippen molar-refractivity contribution in [3.63, 3.8) is 0 Å². The van der Waals surface area contributed by atoms with Crippen LogP contribution in [0.1, 0.15) is 0 Å². The van der Waals surface area contributed by atoms with Crippen molar-refractivity contribution in [3.05, 3.63) is 0 Å². The molecular formula is C2H4NaO3P. The van der Waals surface area contributed by atoms with Crippen molar-refractivity contribution in [1.82, 2.24) is 0 Å². The van der Waals surface area contributed by atoms with Gasteiger partial charge in [0.1, 0.15) is 0 Å². The molecule has 1 atom stereocenters. The standard InChI is InChI=1S/C2H5O3P.Na/c1-6(4,5)2-3;/h2H,1H3,(H,4,5);/q;+1/p-1. The molecule has 0 saturated heterocycles. The molecule has 1 unspecified atom stereocenters. The zero-order chi connectivity index (χ0) is 5.21. The second kappa shape index (κ2) is 3.81. The van der Waals surface area contributed by atoms with Gasteiger partial charge in [0.2, 0.25) is 0 Å². The third-order valence-corrected chi connectivity index (χ3v) is 0.574. The van der Waals surface area contributed by atoms with Crippen LogP contribution in [0.3, 0.4) is 0 Å². The van der Waals surface area contributed by atoms with Crippen LogP contribution in [0, 0.1) is 0 Å². The summed E-state index contributed by atoms with van der Waals surface area (Å²) in [5, 5.41) is 0. The maximum atomic E-state index is 9.66. The third-order valence-electron chi connectivity index (χ3n) is 0.191. The zero-order valence-corrected chi connectivity index (χ0v) is 7.14. The Morgan fingerprint density at radius 2 is 1.86 bits per heavy atom. The van der Waals surface area contributed by atoms with Crippen molar-refractivity contribution in [2.75, 3.05) is 6.66 Å². The second-order valence-corrected chi connectivity index (χ2v) is 3.04. The SMILES string of the molecule is CP(=O)([O-])C=O.[Na+]. The molecule has 3 nitrogen and oxygen atoms in total. The van der Waals surface area contributed by atoms with Crippen LogP contribution in [0.15, 0.2) is 0 Å². The first-order valence-corrected chi connectivity index (χ1v) is 3.45. The van der Waals surface area contributed by atoms with Gasteiger partial charge in [0.05, 0.1) is 7.37 Å². The van der Waals surface area contributed by atoms with Crippen LogP contribution in [0.25, 0.3) is 0 Å². The average Bonchev–Trinajstić information content (AvgIpc) is 1.35. The molecule has 0 aliphatic carbocycles. The third kappa shape index (κ3) is 10.9. The van der Waals surface area contributed by atoms with Crippen molar-refractivity contribution in [2.24, 2.45) is 0 Å². The van der Waals surface area contributed by atoms with Crippen molar-refractivity contribution >= 4 is 13.4 Å². The molecule has 0 saturated carbocycles. The summed E-state index contributed by atoms with van der Waals surface area (Å²) >= 11 is 0. The van der Waals surface area contributed by atoms with Crippen molar-refractivity contribution < 1.29 is 43.8 Å². The van der Waals surface area contributed by atoms with Gasteiger partial charge in [-0.05, 0) is 6.66 Å². The van der Waals surface area contributed by atoms with Crippen molar-refractivity contribution in [3.8, 4) is 0 Å². The molecule has 0 aromatic rings. The summed E-state index contributed by atoms with van der Waals surface area (Å²) in [7, 11) is -3.58. The van der Waals surface area contributed by atoms with E-state index in [9.17, 15) is 14.3 Å². The van der Waals surface area contributed by atoms with Crippen LogP contribution >= 0.6 is 7.37 Å². The molecule has 0 N–H and O–H groups in total. The second-order valence-electron chi connectivity index (χ2n) is 1.01. The largest absolute Gasteiger partial charge is 1.00 e. The minimum Gasteiger partial charge on any atom is -0.794 e. The molecule has 0 bridgehead atoms. The van der Waals surface area contributed by atoms with Gasteiger partial charge in [0.25, 0.3) is 0 Å². The van der Waals surface area contributed by atoms with Gasteiger partial charge in [-0.1, -0.05) is 0 Å². The molecular weight excluding hydrogens is 126 g/mol. The van der Waals surface area contributed by atoms with E-state index >= 15 is 0 Å². The molecule has 36 valence electrons. The van der Waals surface area contributed by atoms with Crippen LogP contribution in [-0.2, 0) is 9.36 Å². The van der Waals surface area contributed by atoms with E-state index < -0.39 is 7.37 Å². The van der Waals surface area contributed by atoms with E-state index in [0.29, 0.717) is 0 Å². The molecule has 7 heavy (non-hydrogen) atoms. The van der Waals surface area contributed by atoms with Gasteiger partial charge >= 0.3 is 29.6 Å². The average molecular weight is 130 g/mol. The molecule has 5 heteroatoms. The maximum absolute atomic E-state index is 9.66. The topological polar surface area (TPSA) is 57.2 Å². The number of carbonyl (C=O) groups excluding carboxylic acids is 1. The summed E-state index contributed by atoms with van der Waals surface area (Å²) in [4.78, 5) is 18.9. The molecule has 0 aromatic carbocycles. The molecule has 0 radical (unpaired) electrons.